The first kappa shape index (κ1) is 17.0. The van der Waals surface area contributed by atoms with Gasteiger partial charge in [-0.2, -0.15) is 26.3 Å². The fourth-order valence-electron chi connectivity index (χ4n) is 0.958. The predicted octanol–water partition coefficient (Wildman–Crippen LogP) is 5.33. The standard InChI is InChI=1S/C9H10F7I/c1-2-3-4-6(17)5-7(10,8(11,12)13)9(14,15)16/h5H,2-4H2,1H3. The van der Waals surface area contributed by atoms with Gasteiger partial charge in [0.05, 0.1) is 0 Å². The second-order valence-corrected chi connectivity index (χ2v) is 4.79. The molecule has 0 aliphatic heterocycles. The summed E-state index contributed by atoms with van der Waals surface area (Å²) in [5.41, 5.74) is -5.27. The first-order chi connectivity index (χ1) is 7.45. The second kappa shape index (κ2) is 5.75. The van der Waals surface area contributed by atoms with Crippen molar-refractivity contribution in [2.45, 2.75) is 44.2 Å². The molecule has 17 heavy (non-hydrogen) atoms. The predicted molar refractivity (Wildman–Crippen MR) is 57.6 cm³/mol. The molecule has 0 aliphatic carbocycles. The average molecular weight is 378 g/mol. The SMILES string of the molecule is CCCCC(I)=CC(F)(C(F)(F)F)C(F)(F)F. The van der Waals surface area contributed by atoms with Crippen LogP contribution in [0.15, 0.2) is 9.66 Å². The van der Waals surface area contributed by atoms with Crippen molar-refractivity contribution in [2.24, 2.45) is 0 Å². The van der Waals surface area contributed by atoms with Crippen molar-refractivity contribution in [3.05, 3.63) is 9.66 Å². The third-order valence-corrected chi connectivity index (χ3v) is 2.80. The Bertz CT molecular complexity index is 262. The number of hydrogen-bond donors (Lipinski definition) is 0. The maximum atomic E-state index is 13.2. The van der Waals surface area contributed by atoms with Gasteiger partial charge in [0.2, 0.25) is 0 Å². The number of allylic oxidation sites excluding steroid dienone is 2. The third-order valence-electron chi connectivity index (χ3n) is 1.95. The second-order valence-electron chi connectivity index (χ2n) is 3.40. The number of alkyl halides is 7. The van der Waals surface area contributed by atoms with Crippen molar-refractivity contribution in [1.82, 2.24) is 0 Å². The van der Waals surface area contributed by atoms with Crippen LogP contribution < -0.4 is 0 Å². The van der Waals surface area contributed by atoms with Crippen LogP contribution in [0.5, 0.6) is 0 Å². The molecule has 0 rings (SSSR count). The van der Waals surface area contributed by atoms with Crippen LogP contribution in [0.25, 0.3) is 0 Å². The largest absolute Gasteiger partial charge is 0.435 e. The Labute approximate surface area is 107 Å². The molecule has 0 aromatic heterocycles. The molecule has 0 bridgehead atoms. The normalized spacial score (nSPS) is 15.2. The van der Waals surface area contributed by atoms with E-state index in [1.807, 2.05) is 0 Å². The van der Waals surface area contributed by atoms with Gasteiger partial charge in [-0.3, -0.25) is 0 Å². The van der Waals surface area contributed by atoms with Gasteiger partial charge in [0.1, 0.15) is 0 Å². The summed E-state index contributed by atoms with van der Waals surface area (Å²) in [5.74, 6) is 0. The highest BCUT2D eigenvalue weighted by molar-refractivity contribution is 14.1. The van der Waals surface area contributed by atoms with E-state index >= 15 is 0 Å². The van der Waals surface area contributed by atoms with E-state index in [0.717, 1.165) is 0 Å². The van der Waals surface area contributed by atoms with Crippen molar-refractivity contribution in [2.75, 3.05) is 0 Å². The Morgan fingerprint density at radius 1 is 1.00 bits per heavy atom. The topological polar surface area (TPSA) is 0 Å². The zero-order chi connectivity index (χ0) is 13.9. The summed E-state index contributed by atoms with van der Waals surface area (Å²) >= 11 is 1.29. The highest BCUT2D eigenvalue weighted by Gasteiger charge is 2.71. The molecule has 0 aromatic carbocycles. The maximum Gasteiger partial charge on any atom is 0.435 e. The van der Waals surface area contributed by atoms with Crippen LogP contribution in [0.2, 0.25) is 0 Å². The van der Waals surface area contributed by atoms with E-state index in [1.54, 1.807) is 6.92 Å². The zero-order valence-electron chi connectivity index (χ0n) is 8.72. The number of unbranched alkanes of at least 4 members (excludes halogenated alkanes) is 1. The van der Waals surface area contributed by atoms with E-state index in [-0.39, 0.29) is 16.1 Å². The van der Waals surface area contributed by atoms with E-state index < -0.39 is 18.0 Å². The van der Waals surface area contributed by atoms with Crippen LogP contribution in [0.3, 0.4) is 0 Å². The van der Waals surface area contributed by atoms with E-state index in [0.29, 0.717) is 12.8 Å². The van der Waals surface area contributed by atoms with Crippen LogP contribution in [0.1, 0.15) is 26.2 Å². The third kappa shape index (κ3) is 4.29. The fraction of sp³-hybridized carbons (Fsp3) is 0.778. The van der Waals surface area contributed by atoms with Gasteiger partial charge in [-0.25, -0.2) is 4.39 Å². The van der Waals surface area contributed by atoms with Crippen molar-refractivity contribution >= 4 is 22.6 Å². The molecule has 0 saturated carbocycles. The van der Waals surface area contributed by atoms with Crippen LogP contribution in [-0.4, -0.2) is 18.0 Å². The van der Waals surface area contributed by atoms with Crippen LogP contribution in [0.4, 0.5) is 30.7 Å². The molecule has 0 aromatic rings. The summed E-state index contributed by atoms with van der Waals surface area (Å²) < 4.78 is 85.7. The molecule has 0 atom stereocenters. The minimum absolute atomic E-state index is 0.00507. The Morgan fingerprint density at radius 3 is 1.71 bits per heavy atom. The first-order valence-electron chi connectivity index (χ1n) is 4.65. The lowest BCUT2D eigenvalue weighted by Gasteiger charge is -2.27. The summed E-state index contributed by atoms with van der Waals surface area (Å²) in [4.78, 5) is 0. The molecule has 0 nitrogen and oxygen atoms in total. The molecule has 0 spiro atoms. The Morgan fingerprint density at radius 2 is 1.41 bits per heavy atom. The Hall–Kier alpha value is -0.0200. The molecule has 102 valence electrons. The van der Waals surface area contributed by atoms with Gasteiger partial charge in [0, 0.05) is 0 Å². The summed E-state index contributed by atoms with van der Waals surface area (Å²) in [6.07, 6.45) is -11.4. The Kier molecular flexibility index (Phi) is 5.74. The quantitative estimate of drug-likeness (QED) is 0.459. The minimum Gasteiger partial charge on any atom is -0.219 e. The molecule has 0 fully saturated rings. The average Bonchev–Trinajstić information content (AvgIpc) is 2.10. The van der Waals surface area contributed by atoms with Gasteiger partial charge in [0.25, 0.3) is 0 Å². The van der Waals surface area contributed by atoms with Gasteiger partial charge in [-0.1, -0.05) is 13.3 Å². The monoisotopic (exact) mass is 378 g/mol. The van der Waals surface area contributed by atoms with Gasteiger partial charge in [-0.05, 0) is 45.1 Å². The van der Waals surface area contributed by atoms with Crippen molar-refractivity contribution in [3.8, 4) is 0 Å². The summed E-state index contributed by atoms with van der Waals surface area (Å²) in [6, 6.07) is 0. The van der Waals surface area contributed by atoms with E-state index in [9.17, 15) is 30.7 Å². The summed E-state index contributed by atoms with van der Waals surface area (Å²) in [6.45, 7) is 1.72. The molecule has 0 aliphatic rings. The molecular formula is C9H10F7I. The highest BCUT2D eigenvalue weighted by Crippen LogP contribution is 2.48. The van der Waals surface area contributed by atoms with Crippen LogP contribution in [-0.2, 0) is 0 Å². The number of rotatable bonds is 4. The lowest BCUT2D eigenvalue weighted by molar-refractivity contribution is -0.322. The smallest absolute Gasteiger partial charge is 0.219 e. The number of halogens is 8. The lowest BCUT2D eigenvalue weighted by atomic mass is 10.0. The van der Waals surface area contributed by atoms with Crippen LogP contribution in [0, 0.1) is 0 Å². The van der Waals surface area contributed by atoms with Gasteiger partial charge in [-0.15, -0.1) is 0 Å². The lowest BCUT2D eigenvalue weighted by Crippen LogP contribution is -2.51. The summed E-state index contributed by atoms with van der Waals surface area (Å²) in [5, 5.41) is 0. The van der Waals surface area contributed by atoms with E-state index in [1.165, 1.54) is 22.6 Å². The molecule has 0 unspecified atom stereocenters. The number of hydrogen-bond acceptors (Lipinski definition) is 0. The van der Waals surface area contributed by atoms with Gasteiger partial charge in [0.15, 0.2) is 0 Å². The van der Waals surface area contributed by atoms with E-state index in [4.69, 9.17) is 0 Å². The molecule has 0 amide bonds. The molecule has 0 saturated heterocycles. The molecule has 0 heterocycles. The first-order valence-corrected chi connectivity index (χ1v) is 5.73. The minimum atomic E-state index is -6.01. The van der Waals surface area contributed by atoms with Crippen molar-refractivity contribution in [3.63, 3.8) is 0 Å². The fourth-order valence-corrected chi connectivity index (χ4v) is 1.77. The van der Waals surface area contributed by atoms with Crippen molar-refractivity contribution < 1.29 is 30.7 Å². The van der Waals surface area contributed by atoms with Crippen molar-refractivity contribution in [1.29, 1.82) is 0 Å². The Balaban J connectivity index is 5.24. The van der Waals surface area contributed by atoms with Gasteiger partial charge >= 0.3 is 18.0 Å². The van der Waals surface area contributed by atoms with Crippen LogP contribution >= 0.6 is 22.6 Å². The maximum absolute atomic E-state index is 13.2. The molecule has 0 radical (unpaired) electrons. The highest BCUT2D eigenvalue weighted by atomic mass is 127. The van der Waals surface area contributed by atoms with E-state index in [2.05, 4.69) is 0 Å². The van der Waals surface area contributed by atoms with Gasteiger partial charge < -0.3 is 0 Å². The summed E-state index contributed by atoms with van der Waals surface area (Å²) in [7, 11) is 0. The molecule has 0 N–H and O–H groups in total. The zero-order valence-corrected chi connectivity index (χ0v) is 10.9. The molecule has 8 heteroatoms. The molecular weight excluding hydrogens is 368 g/mol.